The van der Waals surface area contributed by atoms with Crippen LogP contribution >= 0.6 is 0 Å². The maximum absolute atomic E-state index is 6.06. The Balaban J connectivity index is 1.63. The van der Waals surface area contributed by atoms with Gasteiger partial charge in [0.1, 0.15) is 0 Å². The summed E-state index contributed by atoms with van der Waals surface area (Å²) in [5.74, 6) is 1.44. The van der Waals surface area contributed by atoms with E-state index in [0.717, 1.165) is 49.1 Å². The minimum atomic E-state index is 0.325. The first-order valence-electron chi connectivity index (χ1n) is 10.7. The fourth-order valence-electron chi connectivity index (χ4n) is 3.85. The molecule has 3 aromatic rings. The molecule has 1 aliphatic rings. The summed E-state index contributed by atoms with van der Waals surface area (Å²) in [5, 5.41) is 7.02. The molecule has 1 aromatic carbocycles. The van der Waals surface area contributed by atoms with Crippen LogP contribution in [0.4, 0.5) is 11.8 Å². The number of aromatic nitrogens is 4. The third kappa shape index (κ3) is 4.50. The van der Waals surface area contributed by atoms with Gasteiger partial charge in [-0.3, -0.25) is 0 Å². The zero-order valence-electron chi connectivity index (χ0n) is 17.3. The van der Waals surface area contributed by atoms with Gasteiger partial charge in [-0.15, -0.1) is 0 Å². The summed E-state index contributed by atoms with van der Waals surface area (Å²) in [6.45, 7) is 5.06. The first kappa shape index (κ1) is 19.6. The summed E-state index contributed by atoms with van der Waals surface area (Å²) >= 11 is 0. The highest BCUT2D eigenvalue weighted by molar-refractivity contribution is 5.84. The number of anilines is 2. The second-order valence-corrected chi connectivity index (χ2v) is 8.07. The SMILES string of the molecule is CCC(C)n1cnc2c(NCc3ccccc3)nc(NC3CCC(N)CC3)nc21. The van der Waals surface area contributed by atoms with Crippen LogP contribution in [0.15, 0.2) is 36.7 Å². The summed E-state index contributed by atoms with van der Waals surface area (Å²) < 4.78 is 2.15. The predicted molar refractivity (Wildman–Crippen MR) is 118 cm³/mol. The van der Waals surface area contributed by atoms with Crippen molar-refractivity contribution in [2.75, 3.05) is 10.6 Å². The Labute approximate surface area is 172 Å². The lowest BCUT2D eigenvalue weighted by molar-refractivity contribution is 0.410. The topological polar surface area (TPSA) is 93.7 Å². The average Bonchev–Trinajstić information content (AvgIpc) is 3.18. The van der Waals surface area contributed by atoms with Gasteiger partial charge in [0.15, 0.2) is 17.0 Å². The van der Waals surface area contributed by atoms with E-state index in [1.165, 1.54) is 5.56 Å². The molecule has 0 spiro atoms. The van der Waals surface area contributed by atoms with Crippen molar-refractivity contribution in [3.8, 4) is 0 Å². The van der Waals surface area contributed by atoms with Crippen LogP contribution in [0.25, 0.3) is 11.2 Å². The summed E-state index contributed by atoms with van der Waals surface area (Å²) in [5.41, 5.74) is 8.95. The van der Waals surface area contributed by atoms with Crippen molar-refractivity contribution in [2.24, 2.45) is 5.73 Å². The molecule has 0 saturated heterocycles. The van der Waals surface area contributed by atoms with E-state index >= 15 is 0 Å². The van der Waals surface area contributed by atoms with E-state index in [1.54, 1.807) is 0 Å². The minimum Gasteiger partial charge on any atom is -0.364 e. The van der Waals surface area contributed by atoms with E-state index in [9.17, 15) is 0 Å². The van der Waals surface area contributed by atoms with Crippen LogP contribution in [0.1, 0.15) is 57.6 Å². The molecule has 1 fully saturated rings. The maximum atomic E-state index is 6.06. The fourth-order valence-corrected chi connectivity index (χ4v) is 3.85. The predicted octanol–water partition coefficient (Wildman–Crippen LogP) is 4.09. The van der Waals surface area contributed by atoms with E-state index in [2.05, 4.69) is 46.2 Å². The third-order valence-corrected chi connectivity index (χ3v) is 5.89. The lowest BCUT2D eigenvalue weighted by atomic mass is 9.92. The molecule has 4 rings (SSSR count). The summed E-state index contributed by atoms with van der Waals surface area (Å²) in [7, 11) is 0. The molecule has 1 atom stereocenters. The largest absolute Gasteiger partial charge is 0.364 e. The standard InChI is InChI=1S/C22H31N7/c1-3-15(2)29-14-25-19-20(24-13-16-7-5-4-6-8-16)27-22(28-21(19)29)26-18-11-9-17(23)10-12-18/h4-8,14-15,17-18H,3,9-13,23H2,1-2H3,(H2,24,26,27,28). The molecule has 7 heteroatoms. The molecule has 1 unspecified atom stereocenters. The van der Waals surface area contributed by atoms with E-state index in [-0.39, 0.29) is 0 Å². The van der Waals surface area contributed by atoms with Crippen molar-refractivity contribution in [3.63, 3.8) is 0 Å². The Morgan fingerprint density at radius 3 is 2.62 bits per heavy atom. The highest BCUT2D eigenvalue weighted by Gasteiger charge is 2.21. The van der Waals surface area contributed by atoms with Crippen LogP contribution in [0, 0.1) is 0 Å². The number of rotatable bonds is 7. The van der Waals surface area contributed by atoms with E-state index in [4.69, 9.17) is 15.7 Å². The van der Waals surface area contributed by atoms with Crippen LogP contribution in [-0.4, -0.2) is 31.6 Å². The number of fused-ring (bicyclic) bond motifs is 1. The van der Waals surface area contributed by atoms with Crippen LogP contribution in [-0.2, 0) is 6.54 Å². The molecule has 7 nitrogen and oxygen atoms in total. The van der Waals surface area contributed by atoms with Gasteiger partial charge in [-0.1, -0.05) is 37.3 Å². The van der Waals surface area contributed by atoms with Gasteiger partial charge in [0.2, 0.25) is 5.95 Å². The van der Waals surface area contributed by atoms with Crippen LogP contribution in [0.3, 0.4) is 0 Å². The Kier molecular flexibility index (Phi) is 5.94. The number of hydrogen-bond donors (Lipinski definition) is 3. The zero-order chi connectivity index (χ0) is 20.2. The molecule has 0 aliphatic heterocycles. The summed E-state index contributed by atoms with van der Waals surface area (Å²) in [6.07, 6.45) is 7.10. The van der Waals surface area contributed by atoms with E-state index in [0.29, 0.717) is 30.6 Å². The second kappa shape index (κ2) is 8.78. The molecule has 0 bridgehead atoms. The monoisotopic (exact) mass is 393 g/mol. The zero-order valence-corrected chi connectivity index (χ0v) is 17.3. The van der Waals surface area contributed by atoms with Gasteiger partial charge < -0.3 is 20.9 Å². The number of hydrogen-bond acceptors (Lipinski definition) is 6. The van der Waals surface area contributed by atoms with Crippen molar-refractivity contribution >= 4 is 22.9 Å². The first-order valence-corrected chi connectivity index (χ1v) is 10.7. The summed E-state index contributed by atoms with van der Waals surface area (Å²) in [4.78, 5) is 14.3. The van der Waals surface area contributed by atoms with Gasteiger partial charge in [0, 0.05) is 24.7 Å². The Bertz CT molecular complexity index is 929. The summed E-state index contributed by atoms with van der Waals surface area (Å²) in [6, 6.07) is 11.4. The van der Waals surface area contributed by atoms with E-state index < -0.39 is 0 Å². The van der Waals surface area contributed by atoms with E-state index in [1.807, 2.05) is 24.5 Å². The van der Waals surface area contributed by atoms with Crippen LogP contribution < -0.4 is 16.4 Å². The third-order valence-electron chi connectivity index (χ3n) is 5.89. The molecule has 0 amide bonds. The Morgan fingerprint density at radius 2 is 1.90 bits per heavy atom. The number of benzene rings is 1. The van der Waals surface area contributed by atoms with Gasteiger partial charge in [-0.2, -0.15) is 9.97 Å². The number of imidazole rings is 1. The van der Waals surface area contributed by atoms with Crippen LogP contribution in [0.2, 0.25) is 0 Å². The minimum absolute atomic E-state index is 0.325. The number of nitrogens with zero attached hydrogens (tertiary/aromatic N) is 4. The van der Waals surface area contributed by atoms with Crippen LogP contribution in [0.5, 0.6) is 0 Å². The molecule has 29 heavy (non-hydrogen) atoms. The van der Waals surface area contributed by atoms with Crippen molar-refractivity contribution in [2.45, 2.75) is 70.6 Å². The average molecular weight is 394 g/mol. The maximum Gasteiger partial charge on any atom is 0.227 e. The van der Waals surface area contributed by atoms with Gasteiger partial charge in [-0.05, 0) is 44.6 Å². The van der Waals surface area contributed by atoms with Gasteiger partial charge in [0.05, 0.1) is 6.33 Å². The Hall–Kier alpha value is -2.67. The van der Waals surface area contributed by atoms with Gasteiger partial charge in [-0.25, -0.2) is 4.98 Å². The number of nitrogens with two attached hydrogens (primary N) is 1. The molecule has 2 aromatic heterocycles. The lowest BCUT2D eigenvalue weighted by Gasteiger charge is -2.27. The Morgan fingerprint density at radius 1 is 1.14 bits per heavy atom. The van der Waals surface area contributed by atoms with Gasteiger partial charge >= 0.3 is 0 Å². The second-order valence-electron chi connectivity index (χ2n) is 8.07. The molecular formula is C22H31N7. The number of nitrogens with one attached hydrogen (secondary N) is 2. The molecule has 154 valence electrons. The van der Waals surface area contributed by atoms with Crippen molar-refractivity contribution in [1.82, 2.24) is 19.5 Å². The molecular weight excluding hydrogens is 362 g/mol. The lowest BCUT2D eigenvalue weighted by Crippen LogP contribution is -2.33. The molecule has 1 saturated carbocycles. The highest BCUT2D eigenvalue weighted by Crippen LogP contribution is 2.26. The van der Waals surface area contributed by atoms with Crippen molar-refractivity contribution in [1.29, 1.82) is 0 Å². The highest BCUT2D eigenvalue weighted by atomic mass is 15.2. The normalized spacial score (nSPS) is 20.5. The van der Waals surface area contributed by atoms with Crippen molar-refractivity contribution < 1.29 is 0 Å². The molecule has 1 aliphatic carbocycles. The quantitative estimate of drug-likeness (QED) is 0.560. The fraction of sp³-hybridized carbons (Fsp3) is 0.500. The molecule has 4 N–H and O–H groups in total. The van der Waals surface area contributed by atoms with Gasteiger partial charge in [0.25, 0.3) is 0 Å². The molecule has 0 radical (unpaired) electrons. The molecule has 2 heterocycles. The first-order chi connectivity index (χ1) is 14.1. The smallest absolute Gasteiger partial charge is 0.227 e. The van der Waals surface area contributed by atoms with Crippen molar-refractivity contribution in [3.05, 3.63) is 42.2 Å².